The van der Waals surface area contributed by atoms with E-state index in [4.69, 9.17) is 5.26 Å². The topological polar surface area (TPSA) is 88.4 Å². The lowest BCUT2D eigenvalue weighted by Crippen LogP contribution is -2.19. The van der Waals surface area contributed by atoms with Gasteiger partial charge >= 0.3 is 12.1 Å². The Bertz CT molecular complexity index is 448. The summed E-state index contributed by atoms with van der Waals surface area (Å²) in [5.41, 5.74) is 0.956. The van der Waals surface area contributed by atoms with Crippen LogP contribution >= 0.6 is 0 Å². The third-order valence-corrected chi connectivity index (χ3v) is 1.81. The van der Waals surface area contributed by atoms with Gasteiger partial charge in [-0.25, -0.2) is 9.59 Å². The summed E-state index contributed by atoms with van der Waals surface area (Å²) < 4.78 is 8.87. The number of hydrogen-bond acceptors (Lipinski definition) is 5. The number of esters is 1. The number of carbonyl (C=O) groups excluding carboxylic acids is 2. The summed E-state index contributed by atoms with van der Waals surface area (Å²) >= 11 is 0. The molecule has 88 valence electrons. The van der Waals surface area contributed by atoms with Crippen LogP contribution < -0.4 is 5.32 Å². The molecule has 0 saturated heterocycles. The van der Waals surface area contributed by atoms with Crippen molar-refractivity contribution in [2.24, 2.45) is 0 Å². The van der Waals surface area contributed by atoms with Crippen molar-refractivity contribution in [1.82, 2.24) is 0 Å². The number of methoxy groups -OCH3 is 1. The molecule has 0 saturated carbocycles. The first-order valence-electron chi connectivity index (χ1n) is 4.66. The van der Waals surface area contributed by atoms with Crippen LogP contribution in [0.1, 0.15) is 5.56 Å². The lowest BCUT2D eigenvalue weighted by atomic mass is 10.2. The van der Waals surface area contributed by atoms with Gasteiger partial charge in [0, 0.05) is 5.69 Å². The summed E-state index contributed by atoms with van der Waals surface area (Å²) in [6, 6.07) is 8.16. The molecule has 0 aliphatic rings. The van der Waals surface area contributed by atoms with E-state index in [-0.39, 0.29) is 0 Å². The molecule has 6 heteroatoms. The van der Waals surface area contributed by atoms with Gasteiger partial charge in [0.15, 0.2) is 6.61 Å². The Morgan fingerprint density at radius 1 is 1.35 bits per heavy atom. The molecule has 0 spiro atoms. The number of amides is 1. The Kier molecular flexibility index (Phi) is 4.51. The molecule has 6 nitrogen and oxygen atoms in total. The van der Waals surface area contributed by atoms with Crippen LogP contribution in [-0.4, -0.2) is 25.8 Å². The summed E-state index contributed by atoms with van der Waals surface area (Å²) in [5.74, 6) is -0.639. The Hall–Kier alpha value is -2.55. The molecule has 1 amide bonds. The second-order valence-corrected chi connectivity index (χ2v) is 2.97. The van der Waals surface area contributed by atoms with Crippen LogP contribution in [0.15, 0.2) is 24.3 Å². The van der Waals surface area contributed by atoms with E-state index in [1.165, 1.54) is 7.11 Å². The van der Waals surface area contributed by atoms with Gasteiger partial charge in [-0.15, -0.1) is 0 Å². The quantitative estimate of drug-likeness (QED) is 0.796. The maximum Gasteiger partial charge on any atom is 0.412 e. The molecule has 1 N–H and O–H groups in total. The van der Waals surface area contributed by atoms with E-state index in [2.05, 4.69) is 14.8 Å². The van der Waals surface area contributed by atoms with Crippen LogP contribution in [0.4, 0.5) is 10.5 Å². The van der Waals surface area contributed by atoms with Gasteiger partial charge in [0.2, 0.25) is 0 Å². The second kappa shape index (κ2) is 6.12. The lowest BCUT2D eigenvalue weighted by Gasteiger charge is -2.05. The highest BCUT2D eigenvalue weighted by Gasteiger charge is 2.07. The summed E-state index contributed by atoms with van der Waals surface area (Å²) in [4.78, 5) is 21.9. The molecule has 17 heavy (non-hydrogen) atoms. The van der Waals surface area contributed by atoms with Crippen LogP contribution in [0.2, 0.25) is 0 Å². The van der Waals surface area contributed by atoms with E-state index in [9.17, 15) is 9.59 Å². The van der Waals surface area contributed by atoms with E-state index in [1.807, 2.05) is 6.07 Å². The minimum absolute atomic E-state index is 0.446. The predicted octanol–water partition coefficient (Wildman–Crippen LogP) is 1.28. The van der Waals surface area contributed by atoms with Crippen molar-refractivity contribution in [2.45, 2.75) is 0 Å². The third kappa shape index (κ3) is 4.22. The minimum Gasteiger partial charge on any atom is -0.466 e. The van der Waals surface area contributed by atoms with E-state index in [0.717, 1.165) is 0 Å². The highest BCUT2D eigenvalue weighted by molar-refractivity contribution is 5.86. The molecular formula is C11H10N2O4. The summed E-state index contributed by atoms with van der Waals surface area (Å²) in [7, 11) is 1.20. The standard InChI is InChI=1S/C11H10N2O4/c1-16-10(14)7-17-11(15)13-9-4-2-8(6-12)3-5-9/h2-5H,7H2,1H3,(H,13,15). The average molecular weight is 234 g/mol. The number of carbonyl (C=O) groups is 2. The minimum atomic E-state index is -0.764. The molecule has 0 atom stereocenters. The molecule has 0 aliphatic carbocycles. The van der Waals surface area contributed by atoms with Gasteiger partial charge in [-0.2, -0.15) is 5.26 Å². The predicted molar refractivity (Wildman–Crippen MR) is 58.1 cm³/mol. The number of hydrogen-bond donors (Lipinski definition) is 1. The number of benzene rings is 1. The molecule has 1 aromatic carbocycles. The maximum absolute atomic E-state index is 11.2. The molecule has 0 heterocycles. The summed E-state index contributed by atoms with van der Waals surface area (Å²) in [6.07, 6.45) is -0.764. The van der Waals surface area contributed by atoms with Crippen molar-refractivity contribution in [3.8, 4) is 6.07 Å². The monoisotopic (exact) mass is 234 g/mol. The number of rotatable bonds is 3. The van der Waals surface area contributed by atoms with Crippen LogP contribution in [0.3, 0.4) is 0 Å². The van der Waals surface area contributed by atoms with Crippen molar-refractivity contribution >= 4 is 17.7 Å². The molecule has 0 radical (unpaired) electrons. The molecule has 0 aromatic heterocycles. The van der Waals surface area contributed by atoms with Gasteiger partial charge in [0.25, 0.3) is 0 Å². The molecule has 1 aromatic rings. The molecule has 1 rings (SSSR count). The zero-order valence-corrected chi connectivity index (χ0v) is 9.10. The number of ether oxygens (including phenoxy) is 2. The van der Waals surface area contributed by atoms with Gasteiger partial charge in [-0.3, -0.25) is 5.32 Å². The van der Waals surface area contributed by atoms with Crippen molar-refractivity contribution in [3.05, 3.63) is 29.8 Å². The van der Waals surface area contributed by atoms with Crippen LogP contribution in [0.5, 0.6) is 0 Å². The van der Waals surface area contributed by atoms with Gasteiger partial charge in [-0.05, 0) is 24.3 Å². The maximum atomic E-state index is 11.2. The SMILES string of the molecule is COC(=O)COC(=O)Nc1ccc(C#N)cc1. The average Bonchev–Trinajstić information content (AvgIpc) is 2.36. The number of nitrogens with one attached hydrogen (secondary N) is 1. The normalized spacial score (nSPS) is 8.94. The fourth-order valence-corrected chi connectivity index (χ4v) is 0.965. The van der Waals surface area contributed by atoms with E-state index >= 15 is 0 Å². The largest absolute Gasteiger partial charge is 0.466 e. The van der Waals surface area contributed by atoms with Gasteiger partial charge < -0.3 is 9.47 Å². The third-order valence-electron chi connectivity index (χ3n) is 1.81. The molecule has 0 bridgehead atoms. The zero-order chi connectivity index (χ0) is 12.7. The van der Waals surface area contributed by atoms with E-state index < -0.39 is 18.7 Å². The van der Waals surface area contributed by atoms with Gasteiger partial charge in [0.05, 0.1) is 18.7 Å². The van der Waals surface area contributed by atoms with Gasteiger partial charge in [0.1, 0.15) is 0 Å². The van der Waals surface area contributed by atoms with Crippen LogP contribution in [-0.2, 0) is 14.3 Å². The Morgan fingerprint density at radius 3 is 2.53 bits per heavy atom. The van der Waals surface area contributed by atoms with Gasteiger partial charge in [-0.1, -0.05) is 0 Å². The lowest BCUT2D eigenvalue weighted by molar-refractivity contribution is -0.143. The highest BCUT2D eigenvalue weighted by atomic mass is 16.6. The summed E-state index contributed by atoms with van der Waals surface area (Å²) in [5, 5.41) is 11.0. The zero-order valence-electron chi connectivity index (χ0n) is 9.10. The number of anilines is 1. The smallest absolute Gasteiger partial charge is 0.412 e. The van der Waals surface area contributed by atoms with Crippen LogP contribution in [0, 0.1) is 11.3 Å². The summed E-state index contributed by atoms with van der Waals surface area (Å²) in [6.45, 7) is -0.446. The van der Waals surface area contributed by atoms with Crippen LogP contribution in [0.25, 0.3) is 0 Å². The second-order valence-electron chi connectivity index (χ2n) is 2.97. The van der Waals surface area contributed by atoms with E-state index in [1.54, 1.807) is 24.3 Å². The molecule has 0 fully saturated rings. The van der Waals surface area contributed by atoms with Crippen molar-refractivity contribution in [2.75, 3.05) is 19.0 Å². The van der Waals surface area contributed by atoms with E-state index in [0.29, 0.717) is 11.3 Å². The Labute approximate surface area is 97.7 Å². The molecule has 0 unspecified atom stereocenters. The molecular weight excluding hydrogens is 224 g/mol. The fraction of sp³-hybridized carbons (Fsp3) is 0.182. The van der Waals surface area contributed by atoms with Crippen molar-refractivity contribution in [1.29, 1.82) is 5.26 Å². The number of nitriles is 1. The first kappa shape index (κ1) is 12.5. The first-order valence-corrected chi connectivity index (χ1v) is 4.66. The first-order chi connectivity index (χ1) is 8.15. The Morgan fingerprint density at radius 2 is 2.00 bits per heavy atom. The molecule has 0 aliphatic heterocycles. The van der Waals surface area contributed by atoms with Crippen molar-refractivity contribution in [3.63, 3.8) is 0 Å². The Balaban J connectivity index is 2.45. The fourth-order valence-electron chi connectivity index (χ4n) is 0.965. The van der Waals surface area contributed by atoms with Crippen molar-refractivity contribution < 1.29 is 19.1 Å². The number of nitrogens with zero attached hydrogens (tertiary/aromatic N) is 1. The highest BCUT2D eigenvalue weighted by Crippen LogP contribution is 2.08.